The number of nitrogens with one attached hydrogen (secondary N) is 1. The number of fused-ring (bicyclic) bond motifs is 1. The van der Waals surface area contributed by atoms with Gasteiger partial charge in [0.25, 0.3) is 0 Å². The number of hydrogen-bond acceptors (Lipinski definition) is 15. The first kappa shape index (κ1) is 61.8. The highest BCUT2D eigenvalue weighted by Crippen LogP contribution is 2.52. The molecule has 6 rings (SSSR count). The zero-order valence-corrected chi connectivity index (χ0v) is 50.0. The lowest BCUT2D eigenvalue weighted by Crippen LogP contribution is -2.63. The average Bonchev–Trinajstić information content (AvgIpc) is 3.98. The van der Waals surface area contributed by atoms with E-state index >= 15 is 4.79 Å². The van der Waals surface area contributed by atoms with E-state index in [1.165, 1.54) is 0 Å². The van der Waals surface area contributed by atoms with Crippen molar-refractivity contribution >= 4 is 34.5 Å². The Bertz CT molecular complexity index is 2160. The summed E-state index contributed by atoms with van der Waals surface area (Å²) in [5.74, 6) is -2.85. The first-order valence-corrected chi connectivity index (χ1v) is 29.0. The number of nitrogens with zero attached hydrogens (tertiary/aromatic N) is 4. The van der Waals surface area contributed by atoms with Gasteiger partial charge in [0.15, 0.2) is 6.29 Å². The molecule has 0 amide bonds. The second-order valence-electron chi connectivity index (χ2n) is 23.9. The molecule has 18 heteroatoms. The minimum atomic E-state index is -1.10. The Labute approximate surface area is 461 Å². The van der Waals surface area contributed by atoms with Gasteiger partial charge >= 0.3 is 11.9 Å². The predicted octanol–water partition coefficient (Wildman–Crippen LogP) is 8.41. The highest BCUT2D eigenvalue weighted by atomic mass is 127. The van der Waals surface area contributed by atoms with Gasteiger partial charge in [-0.2, -0.15) is 0 Å². The molecule has 0 spiro atoms. The fraction of sp³-hybridized carbons (Fsp3) is 0.825. The summed E-state index contributed by atoms with van der Waals surface area (Å²) >= 11 is 2.25. The van der Waals surface area contributed by atoms with E-state index in [-0.39, 0.29) is 42.3 Å². The van der Waals surface area contributed by atoms with E-state index in [4.69, 9.17) is 38.9 Å². The SMILES string of the molecule is CC[C@H]1OC(=O)[C@H](C)C([C@H]2C[C@@](C)(CC)[C@@H](O)[C@H](C)O2)[C@H](C)[C@@H](O[C@H]2C[C@@H](N(C)CCc3cn([C@H](CF)[C@H](OC)c4ccc(I)cc4)nn3)C[C@@H](C)O2)[C@](C)(OC)C[C@@H](C)C(C)(NCCN)[C@H](C)[C@H]2CC(=O)O[C@@]21C. The lowest BCUT2D eigenvalue weighted by atomic mass is 9.61. The monoisotopic (exact) mass is 1170 g/mol. The van der Waals surface area contributed by atoms with Crippen LogP contribution in [0.3, 0.4) is 0 Å². The van der Waals surface area contributed by atoms with Crippen LogP contribution in [0.1, 0.15) is 151 Å². The summed E-state index contributed by atoms with van der Waals surface area (Å²) in [6.07, 6.45) is 1.69. The number of carbonyl (C=O) groups excluding carboxylic acids is 2. The number of ether oxygens (including phenoxy) is 7. The van der Waals surface area contributed by atoms with Crippen LogP contribution in [0.5, 0.6) is 0 Å². The Balaban J connectivity index is 1.35. The molecule has 4 aliphatic rings. The van der Waals surface area contributed by atoms with Gasteiger partial charge in [-0.1, -0.05) is 65.8 Å². The molecular weight excluding hydrogens is 1070 g/mol. The number of aliphatic hydroxyl groups excluding tert-OH is 1. The summed E-state index contributed by atoms with van der Waals surface area (Å²) in [4.78, 5) is 31.0. The van der Waals surface area contributed by atoms with Crippen molar-refractivity contribution in [2.75, 3.05) is 47.6 Å². The number of hydrogen-bond donors (Lipinski definition) is 3. The number of halogens is 2. The Hall–Kier alpha value is -2.40. The average molecular weight is 1170 g/mol. The Kier molecular flexibility index (Phi) is 21.3. The molecule has 4 aliphatic heterocycles. The summed E-state index contributed by atoms with van der Waals surface area (Å²) in [5, 5.41) is 24.3. The Morgan fingerprint density at radius 2 is 1.72 bits per heavy atom. The second kappa shape index (κ2) is 25.8. The van der Waals surface area contributed by atoms with Gasteiger partial charge < -0.3 is 54.2 Å². The van der Waals surface area contributed by atoms with Crippen LogP contribution in [-0.2, 0) is 49.2 Å². The van der Waals surface area contributed by atoms with Crippen molar-refractivity contribution < 1.29 is 52.2 Å². The minimum Gasteiger partial charge on any atom is -0.458 e. The van der Waals surface area contributed by atoms with Gasteiger partial charge in [-0.25, -0.2) is 9.07 Å². The molecule has 0 bridgehead atoms. The molecule has 2 aromatic rings. The highest BCUT2D eigenvalue weighted by molar-refractivity contribution is 14.1. The van der Waals surface area contributed by atoms with E-state index in [0.29, 0.717) is 58.2 Å². The van der Waals surface area contributed by atoms with Crippen molar-refractivity contribution in [1.82, 2.24) is 25.2 Å². The number of benzene rings is 1. The molecule has 1 aromatic carbocycles. The second-order valence-corrected chi connectivity index (χ2v) is 25.1. The van der Waals surface area contributed by atoms with Crippen LogP contribution in [0, 0.1) is 44.5 Å². The molecule has 4 N–H and O–H groups in total. The molecule has 20 atom stereocenters. The zero-order chi connectivity index (χ0) is 55.4. The van der Waals surface area contributed by atoms with Crippen molar-refractivity contribution in [3.8, 4) is 0 Å². The number of alkyl halides is 1. The summed E-state index contributed by atoms with van der Waals surface area (Å²) < 4.78 is 64.2. The van der Waals surface area contributed by atoms with Gasteiger partial charge in [-0.05, 0) is 137 Å². The van der Waals surface area contributed by atoms with E-state index in [1.807, 2.05) is 58.2 Å². The molecule has 1 aromatic heterocycles. The van der Waals surface area contributed by atoms with Crippen LogP contribution in [0.25, 0.3) is 0 Å². The number of aromatic nitrogens is 3. The van der Waals surface area contributed by atoms with Crippen LogP contribution in [0.4, 0.5) is 4.39 Å². The smallest absolute Gasteiger partial charge is 0.309 e. The van der Waals surface area contributed by atoms with Crippen molar-refractivity contribution in [2.45, 2.75) is 212 Å². The summed E-state index contributed by atoms with van der Waals surface area (Å²) in [6.45, 7) is 25.8. The first-order chi connectivity index (χ1) is 35.4. The standard InChI is InChI=1S/C57H94FIN6O10/c1-16-46-57(12)43(28-47(66)75-57)37(7)56(11,61-24-23-60)33(3)29-55(10,70-15)52(35(5)49(36(6)53(68)73-46)45-30-54(9,17-2)51(67)38(8)72-45)74-48-27-42(26-34(4)71-48)64(13)25-22-41-32-65(63-62-41)44(31-58)50(69-14)39-18-20-40(59)21-19-39/h18-21,32-38,42-46,48-52,61,67H,16-17,22-31,60H2,1-15H3/t33-,34-,35+,36-,37-,38+,42+,43-,44-,45-,46-,48+,49?,50-,51+,52-,54-,55-,56?,57+/m1/s1. The number of cyclic esters (lactones) is 1. The van der Waals surface area contributed by atoms with E-state index in [0.717, 1.165) is 21.2 Å². The van der Waals surface area contributed by atoms with Crippen LogP contribution in [0.15, 0.2) is 30.5 Å². The fourth-order valence-corrected chi connectivity index (χ4v) is 14.2. The predicted molar refractivity (Wildman–Crippen MR) is 294 cm³/mol. The minimum absolute atomic E-state index is 0.0629. The molecule has 4 fully saturated rings. The Morgan fingerprint density at radius 1 is 1.03 bits per heavy atom. The maximum Gasteiger partial charge on any atom is 0.309 e. The van der Waals surface area contributed by atoms with Crippen LogP contribution >= 0.6 is 22.6 Å². The molecule has 4 saturated heterocycles. The lowest BCUT2D eigenvalue weighted by molar-refractivity contribution is -0.277. The number of methoxy groups -OCH3 is 2. The van der Waals surface area contributed by atoms with Crippen LogP contribution in [-0.4, -0.2) is 150 Å². The topological polar surface area (TPSA) is 191 Å². The number of nitrogens with two attached hydrogens (primary N) is 1. The van der Waals surface area contributed by atoms with E-state index in [9.17, 15) is 14.3 Å². The van der Waals surface area contributed by atoms with Crippen molar-refractivity contribution in [3.63, 3.8) is 0 Å². The van der Waals surface area contributed by atoms with Gasteiger partial charge in [0, 0.05) is 79.9 Å². The number of esters is 2. The van der Waals surface area contributed by atoms with Gasteiger partial charge in [0.1, 0.15) is 30.5 Å². The number of aliphatic hydroxyl groups is 1. The largest absolute Gasteiger partial charge is 0.458 e. The van der Waals surface area contributed by atoms with Gasteiger partial charge in [-0.3, -0.25) is 9.59 Å². The zero-order valence-electron chi connectivity index (χ0n) is 47.9. The molecule has 426 valence electrons. The third-order valence-corrected chi connectivity index (χ3v) is 19.9. The third kappa shape index (κ3) is 13.3. The quantitative estimate of drug-likeness (QED) is 0.0952. The van der Waals surface area contributed by atoms with Crippen molar-refractivity contribution in [3.05, 3.63) is 45.3 Å². The van der Waals surface area contributed by atoms with E-state index in [1.54, 1.807) is 18.9 Å². The molecule has 0 radical (unpaired) electrons. The number of rotatable bonds is 18. The maximum absolute atomic E-state index is 15.1. The molecule has 16 nitrogen and oxygen atoms in total. The number of carbonyl (C=O) groups is 2. The van der Waals surface area contributed by atoms with E-state index < -0.39 is 102 Å². The van der Waals surface area contributed by atoms with Gasteiger partial charge in [0.2, 0.25) is 0 Å². The van der Waals surface area contributed by atoms with Crippen LogP contribution < -0.4 is 11.1 Å². The first-order valence-electron chi connectivity index (χ1n) is 27.9. The summed E-state index contributed by atoms with van der Waals surface area (Å²) in [5.41, 5.74) is 4.66. The van der Waals surface area contributed by atoms with Gasteiger partial charge in [-0.15, -0.1) is 5.10 Å². The summed E-state index contributed by atoms with van der Waals surface area (Å²) in [6, 6.07) is 7.25. The molecule has 75 heavy (non-hydrogen) atoms. The van der Waals surface area contributed by atoms with Crippen molar-refractivity contribution in [2.24, 2.45) is 46.7 Å². The normalized spacial score (nSPS) is 40.1. The van der Waals surface area contributed by atoms with E-state index in [2.05, 4.69) is 106 Å². The molecule has 0 saturated carbocycles. The third-order valence-electron chi connectivity index (χ3n) is 19.2. The van der Waals surface area contributed by atoms with Gasteiger partial charge in [0.05, 0.1) is 54.2 Å². The molecule has 5 heterocycles. The molecule has 2 unspecified atom stereocenters. The van der Waals surface area contributed by atoms with Crippen LogP contribution in [0.2, 0.25) is 0 Å². The molecule has 0 aliphatic carbocycles. The number of likely N-dealkylation sites (N-methyl/N-ethyl adjacent to an activating group) is 1. The van der Waals surface area contributed by atoms with Crippen molar-refractivity contribution in [1.29, 1.82) is 0 Å². The summed E-state index contributed by atoms with van der Waals surface area (Å²) in [7, 11) is 5.43. The highest BCUT2D eigenvalue weighted by Gasteiger charge is 2.60. The lowest BCUT2D eigenvalue weighted by Gasteiger charge is -2.54. The Morgan fingerprint density at radius 3 is 2.33 bits per heavy atom. The maximum atomic E-state index is 15.1. The fourth-order valence-electron chi connectivity index (χ4n) is 13.9. The molecular formula is C57H94FIN6O10.